The molecule has 0 radical (unpaired) electrons. The summed E-state index contributed by atoms with van der Waals surface area (Å²) in [7, 11) is 2.00. The maximum Gasteiger partial charge on any atom is 0.132 e. The highest BCUT2D eigenvalue weighted by Gasteiger charge is 2.16. The molecule has 0 saturated carbocycles. The largest absolute Gasteiger partial charge is 0.329 e. The third-order valence-electron chi connectivity index (χ3n) is 3.42. The predicted molar refractivity (Wildman–Crippen MR) is 78.4 cm³/mol. The standard InChI is InChI=1S/C14H18BrN3/c1-8-5-10(3)11(6-9(8)2)13-14(15)17-12(7-16)18(13)4/h5-6H,7,16H2,1-4H3. The third kappa shape index (κ3) is 2.10. The summed E-state index contributed by atoms with van der Waals surface area (Å²) in [5.74, 6) is 0.884. The van der Waals surface area contributed by atoms with Crippen molar-refractivity contribution in [3.8, 4) is 11.3 Å². The van der Waals surface area contributed by atoms with Crippen molar-refractivity contribution in [2.75, 3.05) is 0 Å². The van der Waals surface area contributed by atoms with E-state index in [1.54, 1.807) is 0 Å². The van der Waals surface area contributed by atoms with E-state index in [9.17, 15) is 0 Å². The molecule has 2 rings (SSSR count). The average Bonchev–Trinajstić information content (AvgIpc) is 2.59. The van der Waals surface area contributed by atoms with E-state index in [0.717, 1.165) is 16.1 Å². The third-order valence-corrected chi connectivity index (χ3v) is 3.98. The Hall–Kier alpha value is -1.13. The molecule has 0 spiro atoms. The van der Waals surface area contributed by atoms with Gasteiger partial charge in [0.2, 0.25) is 0 Å². The first kappa shape index (κ1) is 13.3. The second-order valence-electron chi connectivity index (χ2n) is 4.68. The molecule has 0 aliphatic heterocycles. The summed E-state index contributed by atoms with van der Waals surface area (Å²) in [6.45, 7) is 6.84. The molecular formula is C14H18BrN3. The van der Waals surface area contributed by atoms with Crippen LogP contribution in [0.4, 0.5) is 0 Å². The van der Waals surface area contributed by atoms with Crippen molar-refractivity contribution < 1.29 is 0 Å². The maximum absolute atomic E-state index is 5.70. The Labute approximate surface area is 116 Å². The fraction of sp³-hybridized carbons (Fsp3) is 0.357. The summed E-state index contributed by atoms with van der Waals surface area (Å²) < 4.78 is 2.91. The quantitative estimate of drug-likeness (QED) is 0.925. The Balaban J connectivity index is 2.69. The maximum atomic E-state index is 5.70. The first-order valence-corrected chi connectivity index (χ1v) is 6.74. The van der Waals surface area contributed by atoms with Crippen molar-refractivity contribution in [1.29, 1.82) is 0 Å². The Morgan fingerprint density at radius 3 is 2.33 bits per heavy atom. The van der Waals surface area contributed by atoms with Crippen LogP contribution in [-0.2, 0) is 13.6 Å². The van der Waals surface area contributed by atoms with Crippen molar-refractivity contribution in [2.45, 2.75) is 27.3 Å². The molecule has 0 aliphatic carbocycles. The van der Waals surface area contributed by atoms with E-state index in [4.69, 9.17) is 5.73 Å². The van der Waals surface area contributed by atoms with Gasteiger partial charge in [-0.05, 0) is 59.5 Å². The summed E-state index contributed by atoms with van der Waals surface area (Å²) >= 11 is 3.54. The van der Waals surface area contributed by atoms with Crippen LogP contribution >= 0.6 is 15.9 Å². The molecule has 96 valence electrons. The van der Waals surface area contributed by atoms with Gasteiger partial charge in [-0.1, -0.05) is 6.07 Å². The SMILES string of the molecule is Cc1cc(C)c(-c2c(Br)nc(CN)n2C)cc1C. The Morgan fingerprint density at radius 2 is 1.78 bits per heavy atom. The number of aromatic nitrogens is 2. The first-order valence-electron chi connectivity index (χ1n) is 5.95. The van der Waals surface area contributed by atoms with E-state index in [0.29, 0.717) is 6.54 Å². The Morgan fingerprint density at radius 1 is 1.17 bits per heavy atom. The van der Waals surface area contributed by atoms with Crippen LogP contribution < -0.4 is 5.73 Å². The molecule has 1 aromatic carbocycles. The summed E-state index contributed by atoms with van der Waals surface area (Å²) in [4.78, 5) is 4.45. The van der Waals surface area contributed by atoms with Gasteiger partial charge in [0.1, 0.15) is 10.4 Å². The predicted octanol–water partition coefficient (Wildman–Crippen LogP) is 3.23. The number of benzene rings is 1. The summed E-state index contributed by atoms with van der Waals surface area (Å²) in [5.41, 5.74) is 11.9. The average molecular weight is 308 g/mol. The molecule has 3 nitrogen and oxygen atoms in total. The number of rotatable bonds is 2. The second-order valence-corrected chi connectivity index (χ2v) is 5.43. The molecule has 1 heterocycles. The molecule has 0 fully saturated rings. The lowest BCUT2D eigenvalue weighted by Gasteiger charge is -2.11. The minimum absolute atomic E-state index is 0.443. The highest BCUT2D eigenvalue weighted by molar-refractivity contribution is 9.10. The number of nitrogens with zero attached hydrogens (tertiary/aromatic N) is 2. The van der Waals surface area contributed by atoms with Crippen LogP contribution in [0, 0.1) is 20.8 Å². The summed E-state index contributed by atoms with van der Waals surface area (Å²) in [5, 5.41) is 0. The molecule has 4 heteroatoms. The van der Waals surface area contributed by atoms with Gasteiger partial charge in [0, 0.05) is 12.6 Å². The Kier molecular flexibility index (Phi) is 3.59. The number of aryl methyl sites for hydroxylation is 3. The van der Waals surface area contributed by atoms with E-state index >= 15 is 0 Å². The molecule has 18 heavy (non-hydrogen) atoms. The van der Waals surface area contributed by atoms with Crippen LogP contribution in [-0.4, -0.2) is 9.55 Å². The molecular weight excluding hydrogens is 290 g/mol. The molecule has 0 aliphatic rings. The number of nitrogens with two attached hydrogens (primary N) is 1. The number of hydrogen-bond acceptors (Lipinski definition) is 2. The zero-order valence-electron chi connectivity index (χ0n) is 11.2. The molecule has 0 unspecified atom stereocenters. The van der Waals surface area contributed by atoms with Crippen LogP contribution in [0.2, 0.25) is 0 Å². The van der Waals surface area contributed by atoms with E-state index in [1.165, 1.54) is 22.3 Å². The second kappa shape index (κ2) is 4.86. The van der Waals surface area contributed by atoms with Crippen molar-refractivity contribution in [2.24, 2.45) is 12.8 Å². The van der Waals surface area contributed by atoms with E-state index in [-0.39, 0.29) is 0 Å². The van der Waals surface area contributed by atoms with Crippen LogP contribution in [0.5, 0.6) is 0 Å². The van der Waals surface area contributed by atoms with Gasteiger partial charge in [-0.15, -0.1) is 0 Å². The van der Waals surface area contributed by atoms with E-state index in [1.807, 2.05) is 7.05 Å². The molecule has 2 N–H and O–H groups in total. The van der Waals surface area contributed by atoms with Gasteiger partial charge in [-0.2, -0.15) is 0 Å². The summed E-state index contributed by atoms with van der Waals surface area (Å²) in [6.07, 6.45) is 0. The number of halogens is 1. The Bertz CT molecular complexity index is 600. The minimum atomic E-state index is 0.443. The fourth-order valence-corrected chi connectivity index (χ4v) is 2.88. The van der Waals surface area contributed by atoms with Crippen molar-refractivity contribution in [3.05, 3.63) is 39.3 Å². The van der Waals surface area contributed by atoms with E-state index < -0.39 is 0 Å². The highest BCUT2D eigenvalue weighted by atomic mass is 79.9. The zero-order chi connectivity index (χ0) is 13.4. The topological polar surface area (TPSA) is 43.8 Å². The van der Waals surface area contributed by atoms with Gasteiger partial charge in [-0.3, -0.25) is 0 Å². The molecule has 2 aromatic rings. The zero-order valence-corrected chi connectivity index (χ0v) is 12.8. The molecule has 0 bridgehead atoms. The van der Waals surface area contributed by atoms with Gasteiger partial charge in [0.15, 0.2) is 0 Å². The van der Waals surface area contributed by atoms with Gasteiger partial charge >= 0.3 is 0 Å². The molecule has 0 saturated heterocycles. The van der Waals surface area contributed by atoms with Gasteiger partial charge < -0.3 is 10.3 Å². The number of imidazole rings is 1. The molecule has 0 atom stereocenters. The van der Waals surface area contributed by atoms with Crippen LogP contribution in [0.3, 0.4) is 0 Å². The van der Waals surface area contributed by atoms with Gasteiger partial charge in [-0.25, -0.2) is 4.98 Å². The lowest BCUT2D eigenvalue weighted by Crippen LogP contribution is -2.06. The molecule has 0 amide bonds. The lowest BCUT2D eigenvalue weighted by atomic mass is 9.99. The van der Waals surface area contributed by atoms with E-state index in [2.05, 4.69) is 58.4 Å². The van der Waals surface area contributed by atoms with Crippen LogP contribution in [0.25, 0.3) is 11.3 Å². The normalized spacial score (nSPS) is 11.0. The van der Waals surface area contributed by atoms with Crippen molar-refractivity contribution in [1.82, 2.24) is 9.55 Å². The van der Waals surface area contributed by atoms with Gasteiger partial charge in [0.25, 0.3) is 0 Å². The van der Waals surface area contributed by atoms with Gasteiger partial charge in [0.05, 0.1) is 12.2 Å². The summed E-state index contributed by atoms with van der Waals surface area (Å²) in [6, 6.07) is 4.43. The first-order chi connectivity index (χ1) is 8.45. The minimum Gasteiger partial charge on any atom is -0.329 e. The highest BCUT2D eigenvalue weighted by Crippen LogP contribution is 2.32. The van der Waals surface area contributed by atoms with Crippen LogP contribution in [0.1, 0.15) is 22.5 Å². The van der Waals surface area contributed by atoms with Crippen molar-refractivity contribution >= 4 is 15.9 Å². The monoisotopic (exact) mass is 307 g/mol. The molecule has 1 aromatic heterocycles. The van der Waals surface area contributed by atoms with Crippen molar-refractivity contribution in [3.63, 3.8) is 0 Å². The fourth-order valence-electron chi connectivity index (χ4n) is 2.20. The smallest absolute Gasteiger partial charge is 0.132 e. The van der Waals surface area contributed by atoms with Crippen LogP contribution in [0.15, 0.2) is 16.7 Å². The lowest BCUT2D eigenvalue weighted by molar-refractivity contribution is 0.798. The number of hydrogen-bond donors (Lipinski definition) is 1.